The molecule has 0 unspecified atom stereocenters. The lowest BCUT2D eigenvalue weighted by atomic mass is 10.2. The molecule has 1 aromatic carbocycles. The van der Waals surface area contributed by atoms with E-state index in [9.17, 15) is 0 Å². The minimum absolute atomic E-state index is 0.545. The summed E-state index contributed by atoms with van der Waals surface area (Å²) in [4.78, 5) is 3.25. The van der Waals surface area contributed by atoms with Crippen molar-refractivity contribution in [3.8, 4) is 11.5 Å². The van der Waals surface area contributed by atoms with Crippen LogP contribution >= 0.6 is 0 Å². The second kappa shape index (κ2) is 3.13. The maximum atomic E-state index is 5.75. The quantitative estimate of drug-likeness (QED) is 0.653. The fraction of sp³-hybridized carbons (Fsp3) is 0.0833. The minimum atomic E-state index is 0.545. The van der Waals surface area contributed by atoms with Crippen molar-refractivity contribution >= 4 is 16.6 Å². The first-order valence-electron chi connectivity index (χ1n) is 5.04. The molecule has 4 nitrogen and oxygen atoms in total. The number of hydrogen-bond donors (Lipinski definition) is 2. The molecule has 0 radical (unpaired) electrons. The average molecular weight is 213 g/mol. The Morgan fingerprint density at radius 2 is 2.19 bits per heavy atom. The summed E-state index contributed by atoms with van der Waals surface area (Å²) < 4.78 is 5.10. The standard InChI is InChI=1S/C12H11N3O/c1-7-2-3-10-8(4-7)5-11(15-10)12-9(13)6-14-16-12/h2-6,15H,13H2,1H3. The topological polar surface area (TPSA) is 67.8 Å². The molecule has 16 heavy (non-hydrogen) atoms. The second-order valence-corrected chi connectivity index (χ2v) is 3.88. The molecule has 3 aromatic rings. The number of fused-ring (bicyclic) bond motifs is 1. The van der Waals surface area contributed by atoms with E-state index < -0.39 is 0 Å². The van der Waals surface area contributed by atoms with Crippen molar-refractivity contribution in [2.75, 3.05) is 5.73 Å². The number of aromatic nitrogens is 2. The van der Waals surface area contributed by atoms with Crippen LogP contribution in [-0.4, -0.2) is 10.1 Å². The summed E-state index contributed by atoms with van der Waals surface area (Å²) in [6.07, 6.45) is 1.51. The number of benzene rings is 1. The molecule has 80 valence electrons. The normalized spacial score (nSPS) is 11.1. The van der Waals surface area contributed by atoms with Crippen LogP contribution in [0.3, 0.4) is 0 Å². The number of aryl methyl sites for hydroxylation is 1. The van der Waals surface area contributed by atoms with Gasteiger partial charge in [-0.3, -0.25) is 0 Å². The summed E-state index contributed by atoms with van der Waals surface area (Å²) in [5, 5.41) is 4.81. The zero-order chi connectivity index (χ0) is 11.1. The van der Waals surface area contributed by atoms with Gasteiger partial charge in [-0.05, 0) is 25.1 Å². The van der Waals surface area contributed by atoms with Gasteiger partial charge >= 0.3 is 0 Å². The summed E-state index contributed by atoms with van der Waals surface area (Å²) in [7, 11) is 0. The van der Waals surface area contributed by atoms with E-state index in [0.717, 1.165) is 16.6 Å². The smallest absolute Gasteiger partial charge is 0.205 e. The average Bonchev–Trinajstić information content (AvgIpc) is 2.82. The zero-order valence-corrected chi connectivity index (χ0v) is 8.82. The van der Waals surface area contributed by atoms with Crippen LogP contribution in [-0.2, 0) is 0 Å². The Morgan fingerprint density at radius 3 is 2.94 bits per heavy atom. The Hall–Kier alpha value is -2.23. The summed E-state index contributed by atoms with van der Waals surface area (Å²) in [6.45, 7) is 2.06. The van der Waals surface area contributed by atoms with Crippen molar-refractivity contribution < 1.29 is 4.52 Å². The second-order valence-electron chi connectivity index (χ2n) is 3.88. The van der Waals surface area contributed by atoms with Gasteiger partial charge in [-0.1, -0.05) is 16.8 Å². The number of nitrogen functional groups attached to an aromatic ring is 1. The van der Waals surface area contributed by atoms with Gasteiger partial charge in [0.1, 0.15) is 5.69 Å². The fourth-order valence-corrected chi connectivity index (χ4v) is 1.83. The Labute approximate surface area is 92.0 Å². The van der Waals surface area contributed by atoms with Gasteiger partial charge in [0.25, 0.3) is 0 Å². The van der Waals surface area contributed by atoms with E-state index in [-0.39, 0.29) is 0 Å². The molecule has 3 N–H and O–H groups in total. The van der Waals surface area contributed by atoms with E-state index in [0.29, 0.717) is 11.4 Å². The Bertz CT molecular complexity index is 651. The van der Waals surface area contributed by atoms with Crippen LogP contribution in [0.4, 0.5) is 5.69 Å². The van der Waals surface area contributed by atoms with Gasteiger partial charge in [-0.2, -0.15) is 0 Å². The SMILES string of the molecule is Cc1ccc2[nH]c(-c3oncc3N)cc2c1. The van der Waals surface area contributed by atoms with Crippen LogP contribution in [0, 0.1) is 6.92 Å². The Kier molecular flexibility index (Phi) is 1.77. The number of nitrogens with two attached hydrogens (primary N) is 1. The van der Waals surface area contributed by atoms with Crippen LogP contribution in [0.25, 0.3) is 22.4 Å². The lowest BCUT2D eigenvalue weighted by molar-refractivity contribution is 0.431. The van der Waals surface area contributed by atoms with E-state index in [2.05, 4.69) is 29.2 Å². The molecule has 0 amide bonds. The molecular weight excluding hydrogens is 202 g/mol. The maximum absolute atomic E-state index is 5.75. The molecule has 0 fully saturated rings. The highest BCUT2D eigenvalue weighted by Gasteiger charge is 2.10. The van der Waals surface area contributed by atoms with E-state index in [4.69, 9.17) is 10.3 Å². The minimum Gasteiger partial charge on any atom is -0.394 e. The van der Waals surface area contributed by atoms with Gasteiger partial charge in [0.05, 0.1) is 11.9 Å². The highest BCUT2D eigenvalue weighted by atomic mass is 16.5. The Balaban J connectivity index is 2.23. The number of nitrogens with zero attached hydrogens (tertiary/aromatic N) is 1. The van der Waals surface area contributed by atoms with E-state index in [1.54, 1.807) is 0 Å². The van der Waals surface area contributed by atoms with Crippen molar-refractivity contribution in [2.24, 2.45) is 0 Å². The number of H-pyrrole nitrogens is 1. The van der Waals surface area contributed by atoms with E-state index in [1.165, 1.54) is 11.8 Å². The molecule has 0 aliphatic heterocycles. The highest BCUT2D eigenvalue weighted by molar-refractivity contribution is 5.87. The van der Waals surface area contributed by atoms with Crippen molar-refractivity contribution in [3.05, 3.63) is 36.0 Å². The summed E-state index contributed by atoms with van der Waals surface area (Å²) >= 11 is 0. The third-order valence-electron chi connectivity index (χ3n) is 2.62. The number of hydrogen-bond acceptors (Lipinski definition) is 3. The van der Waals surface area contributed by atoms with Gasteiger partial charge in [-0.25, -0.2) is 0 Å². The van der Waals surface area contributed by atoms with E-state index >= 15 is 0 Å². The first-order chi connectivity index (χ1) is 7.74. The van der Waals surface area contributed by atoms with Crippen molar-refractivity contribution in [1.82, 2.24) is 10.1 Å². The lowest BCUT2D eigenvalue weighted by Gasteiger charge is -1.91. The summed E-state index contributed by atoms with van der Waals surface area (Å²) in [6, 6.07) is 8.23. The molecule has 0 atom stereocenters. The molecule has 0 aliphatic rings. The summed E-state index contributed by atoms with van der Waals surface area (Å²) in [5.41, 5.74) is 9.44. The molecule has 0 aliphatic carbocycles. The predicted octanol–water partition coefficient (Wildman–Crippen LogP) is 2.71. The summed E-state index contributed by atoms with van der Waals surface area (Å²) in [5.74, 6) is 0.592. The van der Waals surface area contributed by atoms with Crippen molar-refractivity contribution in [2.45, 2.75) is 6.92 Å². The number of aromatic amines is 1. The maximum Gasteiger partial charge on any atom is 0.205 e. The Morgan fingerprint density at radius 1 is 1.31 bits per heavy atom. The first-order valence-corrected chi connectivity index (χ1v) is 5.04. The van der Waals surface area contributed by atoms with Crippen molar-refractivity contribution in [3.63, 3.8) is 0 Å². The highest BCUT2D eigenvalue weighted by Crippen LogP contribution is 2.28. The van der Waals surface area contributed by atoms with Crippen LogP contribution < -0.4 is 5.73 Å². The largest absolute Gasteiger partial charge is 0.394 e. The number of rotatable bonds is 1. The zero-order valence-electron chi connectivity index (χ0n) is 8.82. The first kappa shape index (κ1) is 9.03. The molecule has 0 saturated heterocycles. The molecule has 3 rings (SSSR count). The predicted molar refractivity (Wildman–Crippen MR) is 62.9 cm³/mol. The van der Waals surface area contributed by atoms with Crippen LogP contribution in [0.2, 0.25) is 0 Å². The third-order valence-corrected chi connectivity index (χ3v) is 2.62. The molecule has 0 spiro atoms. The van der Waals surface area contributed by atoms with Crippen LogP contribution in [0.1, 0.15) is 5.56 Å². The monoisotopic (exact) mass is 213 g/mol. The van der Waals surface area contributed by atoms with Crippen molar-refractivity contribution in [1.29, 1.82) is 0 Å². The molecule has 2 heterocycles. The van der Waals surface area contributed by atoms with Gasteiger partial charge < -0.3 is 15.2 Å². The molecule has 0 bridgehead atoms. The van der Waals surface area contributed by atoms with Crippen LogP contribution in [0.5, 0.6) is 0 Å². The van der Waals surface area contributed by atoms with Gasteiger partial charge in [0.15, 0.2) is 0 Å². The van der Waals surface area contributed by atoms with Gasteiger partial charge in [-0.15, -0.1) is 0 Å². The molecule has 4 heteroatoms. The molecular formula is C12H11N3O. The molecule has 2 aromatic heterocycles. The van der Waals surface area contributed by atoms with Gasteiger partial charge in [0.2, 0.25) is 5.76 Å². The van der Waals surface area contributed by atoms with Crippen LogP contribution in [0.15, 0.2) is 35.0 Å². The van der Waals surface area contributed by atoms with Gasteiger partial charge in [0, 0.05) is 10.9 Å². The lowest BCUT2D eigenvalue weighted by Crippen LogP contribution is -1.83. The number of nitrogens with one attached hydrogen (secondary N) is 1. The fourth-order valence-electron chi connectivity index (χ4n) is 1.83. The number of anilines is 1. The van der Waals surface area contributed by atoms with E-state index in [1.807, 2.05) is 12.1 Å². The third kappa shape index (κ3) is 1.27. The molecule has 0 saturated carbocycles.